The Morgan fingerprint density at radius 2 is 1.82 bits per heavy atom. The van der Waals surface area contributed by atoms with Crippen molar-refractivity contribution in [1.82, 2.24) is 18.8 Å². The maximum atomic E-state index is 12.6. The Morgan fingerprint density at radius 1 is 1.05 bits per heavy atom. The highest BCUT2D eigenvalue weighted by Crippen LogP contribution is 2.35. The zero-order valence-corrected chi connectivity index (χ0v) is 23.1. The summed E-state index contributed by atoms with van der Waals surface area (Å²) in [5.74, 6) is 1.77. The molecule has 1 saturated heterocycles. The number of imidazole rings is 1. The van der Waals surface area contributed by atoms with E-state index in [1.807, 2.05) is 41.5 Å². The fraction of sp³-hybridized carbons (Fsp3) is 0.323. The summed E-state index contributed by atoms with van der Waals surface area (Å²) in [6.45, 7) is 2.33. The molecule has 1 amide bonds. The van der Waals surface area contributed by atoms with Crippen molar-refractivity contribution in [1.29, 1.82) is 5.26 Å². The molecule has 1 unspecified atom stereocenters. The van der Waals surface area contributed by atoms with Gasteiger partial charge in [0.05, 0.1) is 16.6 Å². The summed E-state index contributed by atoms with van der Waals surface area (Å²) >= 11 is 1.54. The second kappa shape index (κ2) is 10.8. The van der Waals surface area contributed by atoms with Crippen LogP contribution >= 0.6 is 12.1 Å². The van der Waals surface area contributed by atoms with E-state index in [0.717, 1.165) is 78.1 Å². The third-order valence-electron chi connectivity index (χ3n) is 7.54. The van der Waals surface area contributed by atoms with Crippen LogP contribution in [0.5, 0.6) is 0 Å². The van der Waals surface area contributed by atoms with Crippen LogP contribution in [-0.2, 0) is 11.3 Å². The summed E-state index contributed by atoms with van der Waals surface area (Å²) in [7, 11) is 4.01. The van der Waals surface area contributed by atoms with Gasteiger partial charge < -0.3 is 14.2 Å². The van der Waals surface area contributed by atoms with Crippen LogP contribution in [0.15, 0.2) is 66.7 Å². The van der Waals surface area contributed by atoms with Crippen LogP contribution in [0.4, 0.5) is 5.69 Å². The molecule has 1 aliphatic heterocycles. The zero-order valence-electron chi connectivity index (χ0n) is 22.3. The van der Waals surface area contributed by atoms with E-state index < -0.39 is 0 Å². The van der Waals surface area contributed by atoms with Crippen LogP contribution in [0.2, 0.25) is 0 Å². The van der Waals surface area contributed by atoms with E-state index in [1.54, 1.807) is 12.1 Å². The van der Waals surface area contributed by atoms with Gasteiger partial charge in [-0.05, 0) is 74.7 Å². The molecule has 1 aliphatic carbocycles. The fourth-order valence-corrected chi connectivity index (χ4v) is 5.84. The van der Waals surface area contributed by atoms with Crippen molar-refractivity contribution in [3.8, 4) is 28.6 Å². The maximum Gasteiger partial charge on any atom is 0.225 e. The van der Waals surface area contributed by atoms with Gasteiger partial charge in [-0.3, -0.25) is 4.79 Å². The van der Waals surface area contributed by atoms with Crippen molar-refractivity contribution in [3.05, 3.63) is 72.3 Å². The Morgan fingerprint density at radius 3 is 2.56 bits per heavy atom. The Hall–Kier alpha value is -3.80. The monoisotopic (exact) mass is 536 g/mol. The third kappa shape index (κ3) is 5.38. The van der Waals surface area contributed by atoms with E-state index >= 15 is 0 Å². The number of hydrogen-bond donors (Lipinski definition) is 1. The molecule has 39 heavy (non-hydrogen) atoms. The molecule has 198 valence electrons. The SMILES string of the molecule is CN(C)SNc1cccc(-c2ccc(-c3nc4cccc(C#N)c4n3CC3CCN(C(=O)C4CC4)C3)cc2)c1. The molecule has 0 bridgehead atoms. The minimum Gasteiger partial charge on any atom is -0.342 e. The summed E-state index contributed by atoms with van der Waals surface area (Å²) in [5.41, 5.74) is 6.66. The van der Waals surface area contributed by atoms with Gasteiger partial charge in [-0.15, -0.1) is 0 Å². The number of rotatable bonds is 8. The molecule has 1 atom stereocenters. The van der Waals surface area contributed by atoms with Crippen molar-refractivity contribution >= 4 is 34.8 Å². The molecule has 2 fully saturated rings. The van der Waals surface area contributed by atoms with Gasteiger partial charge in [-0.1, -0.05) is 42.5 Å². The predicted octanol–water partition coefficient (Wildman–Crippen LogP) is 6.04. The summed E-state index contributed by atoms with van der Waals surface area (Å²) in [5, 5.41) is 9.88. The smallest absolute Gasteiger partial charge is 0.225 e. The largest absolute Gasteiger partial charge is 0.342 e. The molecule has 2 heterocycles. The first-order chi connectivity index (χ1) is 19.0. The second-order valence-corrected chi connectivity index (χ2v) is 11.8. The summed E-state index contributed by atoms with van der Waals surface area (Å²) in [6, 6.07) is 25.0. The Labute approximate surface area is 233 Å². The number of aromatic nitrogens is 2. The van der Waals surface area contributed by atoms with Crippen molar-refractivity contribution in [2.45, 2.75) is 25.8 Å². The predicted molar refractivity (Wildman–Crippen MR) is 158 cm³/mol. The number of fused-ring (bicyclic) bond motifs is 1. The Bertz CT molecular complexity index is 1550. The van der Waals surface area contributed by atoms with Crippen LogP contribution in [-0.4, -0.2) is 51.8 Å². The number of benzene rings is 3. The average molecular weight is 537 g/mol. The quantitative estimate of drug-likeness (QED) is 0.277. The van der Waals surface area contributed by atoms with E-state index in [2.05, 4.69) is 63.9 Å². The lowest BCUT2D eigenvalue weighted by Crippen LogP contribution is -2.30. The van der Waals surface area contributed by atoms with Gasteiger partial charge in [0.1, 0.15) is 11.9 Å². The summed E-state index contributed by atoms with van der Waals surface area (Å²) in [4.78, 5) is 19.7. The number of para-hydroxylation sites is 1. The summed E-state index contributed by atoms with van der Waals surface area (Å²) in [6.07, 6.45) is 3.04. The number of nitrogens with zero attached hydrogens (tertiary/aromatic N) is 5. The van der Waals surface area contributed by atoms with Crippen LogP contribution in [0.1, 0.15) is 24.8 Å². The lowest BCUT2D eigenvalue weighted by atomic mass is 10.0. The molecule has 8 heteroatoms. The number of anilines is 1. The van der Waals surface area contributed by atoms with E-state index in [4.69, 9.17) is 4.98 Å². The van der Waals surface area contributed by atoms with Crippen LogP contribution in [0.25, 0.3) is 33.5 Å². The van der Waals surface area contributed by atoms with Crippen molar-refractivity contribution in [3.63, 3.8) is 0 Å². The highest BCUT2D eigenvalue weighted by atomic mass is 32.2. The minimum atomic E-state index is 0.250. The van der Waals surface area contributed by atoms with E-state index in [0.29, 0.717) is 17.4 Å². The topological polar surface area (TPSA) is 77.2 Å². The first kappa shape index (κ1) is 25.5. The van der Waals surface area contributed by atoms with Gasteiger partial charge in [0.2, 0.25) is 5.91 Å². The highest BCUT2D eigenvalue weighted by Gasteiger charge is 2.37. The van der Waals surface area contributed by atoms with E-state index in [-0.39, 0.29) is 5.92 Å². The van der Waals surface area contributed by atoms with Crippen molar-refractivity contribution < 1.29 is 4.79 Å². The maximum absolute atomic E-state index is 12.6. The molecule has 1 aromatic heterocycles. The number of carbonyl (C=O) groups excluding carboxylic acids is 1. The van der Waals surface area contributed by atoms with Crippen LogP contribution in [0.3, 0.4) is 0 Å². The molecule has 1 saturated carbocycles. The number of nitriles is 1. The first-order valence-electron chi connectivity index (χ1n) is 13.5. The van der Waals surface area contributed by atoms with Gasteiger partial charge in [-0.25, -0.2) is 9.29 Å². The number of amides is 1. The molecule has 1 N–H and O–H groups in total. The second-order valence-electron chi connectivity index (χ2n) is 10.7. The number of carbonyl (C=O) groups is 1. The number of likely N-dealkylation sites (tertiary alicyclic amines) is 1. The molecule has 7 nitrogen and oxygen atoms in total. The molecule has 0 radical (unpaired) electrons. The normalized spacial score (nSPS) is 17.1. The Balaban J connectivity index is 1.30. The minimum absolute atomic E-state index is 0.250. The van der Waals surface area contributed by atoms with Gasteiger partial charge >= 0.3 is 0 Å². The molecule has 0 spiro atoms. The number of hydrogen-bond acceptors (Lipinski definition) is 6. The molecule has 2 aliphatic rings. The zero-order chi connectivity index (χ0) is 26.9. The van der Waals surface area contributed by atoms with Crippen LogP contribution < -0.4 is 4.72 Å². The lowest BCUT2D eigenvalue weighted by molar-refractivity contribution is -0.131. The standard InChI is InChI=1S/C31H32N6OS/c1-35(2)39-34-27-7-3-5-25(17-27)22-9-11-23(12-10-22)30-33-28-8-4-6-26(18-32)29(28)37(30)20-21-15-16-36(19-21)31(38)24-13-14-24/h3-12,17,21,24,34H,13-16,19-20H2,1-2H3. The highest BCUT2D eigenvalue weighted by molar-refractivity contribution is 7.98. The van der Waals surface area contributed by atoms with Gasteiger partial charge in [0, 0.05) is 48.9 Å². The van der Waals surface area contributed by atoms with Crippen LogP contribution in [0, 0.1) is 23.2 Å². The molecule has 3 aromatic carbocycles. The molecular weight excluding hydrogens is 504 g/mol. The van der Waals surface area contributed by atoms with Crippen molar-refractivity contribution in [2.75, 3.05) is 31.9 Å². The van der Waals surface area contributed by atoms with Gasteiger partial charge in [0.25, 0.3) is 0 Å². The first-order valence-corrected chi connectivity index (χ1v) is 14.3. The third-order valence-corrected chi connectivity index (χ3v) is 8.23. The van der Waals surface area contributed by atoms with E-state index in [9.17, 15) is 10.1 Å². The lowest BCUT2D eigenvalue weighted by Gasteiger charge is -2.18. The average Bonchev–Trinajstić information content (AvgIpc) is 3.60. The molecule has 6 rings (SSSR count). The van der Waals surface area contributed by atoms with Gasteiger partial charge in [0.15, 0.2) is 0 Å². The fourth-order valence-electron chi connectivity index (χ4n) is 5.42. The molecular formula is C31H32N6OS. The Kier molecular flexibility index (Phi) is 7.03. The molecule has 4 aromatic rings. The summed E-state index contributed by atoms with van der Waals surface area (Å²) < 4.78 is 7.58. The number of nitrogens with one attached hydrogen (secondary N) is 1. The van der Waals surface area contributed by atoms with E-state index in [1.165, 1.54) is 0 Å². The van der Waals surface area contributed by atoms with Crippen molar-refractivity contribution in [2.24, 2.45) is 11.8 Å². The van der Waals surface area contributed by atoms with Gasteiger partial charge in [-0.2, -0.15) is 5.26 Å².